The molecule has 0 bridgehead atoms. The van der Waals surface area contributed by atoms with Crippen LogP contribution in [0, 0.1) is 17.8 Å². The van der Waals surface area contributed by atoms with Crippen molar-refractivity contribution < 1.29 is 28.6 Å². The van der Waals surface area contributed by atoms with Gasteiger partial charge in [-0.15, -0.1) is 0 Å². The number of unbranched alkanes of at least 4 members (excludes halogenated alkanes) is 33. The largest absolute Gasteiger partial charge is 0.462 e. The molecule has 0 aromatic rings. The highest BCUT2D eigenvalue weighted by molar-refractivity contribution is 5.71. The van der Waals surface area contributed by atoms with Gasteiger partial charge in [0, 0.05) is 19.3 Å². The van der Waals surface area contributed by atoms with Crippen LogP contribution in [0.15, 0.2) is 0 Å². The number of hydrogen-bond donors (Lipinski definition) is 0. The first-order chi connectivity index (χ1) is 31.7. The summed E-state index contributed by atoms with van der Waals surface area (Å²) in [5, 5.41) is 0. The van der Waals surface area contributed by atoms with Gasteiger partial charge in [0.05, 0.1) is 0 Å². The molecule has 0 amide bonds. The van der Waals surface area contributed by atoms with Crippen LogP contribution >= 0.6 is 0 Å². The van der Waals surface area contributed by atoms with E-state index >= 15 is 0 Å². The second-order valence-electron chi connectivity index (χ2n) is 21.2. The SMILES string of the molecule is CCC(C)CCCCCCCCCCCCCCCCC(=O)OC[C@H](COC(=O)CCCCCCCCCCC(C)C)OC(=O)CCCCCCCCCCCCCCCCC(C)CC. The maximum Gasteiger partial charge on any atom is 0.306 e. The summed E-state index contributed by atoms with van der Waals surface area (Å²) in [6.07, 6.45) is 52.3. The zero-order valence-electron chi connectivity index (χ0n) is 44.8. The average Bonchev–Trinajstić information content (AvgIpc) is 3.29. The molecular weight excluding hydrogens is 805 g/mol. The summed E-state index contributed by atoms with van der Waals surface area (Å²) in [6.45, 7) is 13.8. The third kappa shape index (κ3) is 50.1. The summed E-state index contributed by atoms with van der Waals surface area (Å²) in [4.78, 5) is 38.1. The van der Waals surface area contributed by atoms with Crippen molar-refractivity contribution in [3.8, 4) is 0 Å². The van der Waals surface area contributed by atoms with Gasteiger partial charge in [0.25, 0.3) is 0 Å². The van der Waals surface area contributed by atoms with Gasteiger partial charge < -0.3 is 14.2 Å². The predicted octanol–water partition coefficient (Wildman–Crippen LogP) is 19.1. The maximum atomic E-state index is 12.9. The number of carbonyl (C=O) groups is 3. The Kier molecular flexibility index (Phi) is 49.1. The van der Waals surface area contributed by atoms with E-state index in [4.69, 9.17) is 14.2 Å². The van der Waals surface area contributed by atoms with Crippen LogP contribution in [-0.2, 0) is 28.6 Å². The summed E-state index contributed by atoms with van der Waals surface area (Å²) in [5.74, 6) is 1.74. The molecule has 0 spiro atoms. The summed E-state index contributed by atoms with van der Waals surface area (Å²) < 4.78 is 16.9. The van der Waals surface area contributed by atoms with Crippen LogP contribution in [0.3, 0.4) is 0 Å². The number of carbonyl (C=O) groups excluding carboxylic acids is 3. The molecule has 0 fully saturated rings. The minimum Gasteiger partial charge on any atom is -0.462 e. The fourth-order valence-corrected chi connectivity index (χ4v) is 8.93. The summed E-state index contributed by atoms with van der Waals surface area (Å²) in [7, 11) is 0. The minimum atomic E-state index is -0.764. The Bertz CT molecular complexity index is 1010. The number of ether oxygens (including phenoxy) is 3. The van der Waals surface area contributed by atoms with Gasteiger partial charge in [-0.3, -0.25) is 14.4 Å². The van der Waals surface area contributed by atoms with Crippen LogP contribution in [0.1, 0.15) is 324 Å². The molecule has 3 atom stereocenters. The van der Waals surface area contributed by atoms with Crippen molar-refractivity contribution in [3.05, 3.63) is 0 Å². The molecule has 0 aromatic carbocycles. The molecular formula is C59H114O6. The molecule has 0 aliphatic heterocycles. The first-order valence-electron chi connectivity index (χ1n) is 29.2. The molecule has 0 N–H and O–H groups in total. The smallest absolute Gasteiger partial charge is 0.306 e. The molecule has 65 heavy (non-hydrogen) atoms. The molecule has 6 heteroatoms. The van der Waals surface area contributed by atoms with E-state index in [2.05, 4.69) is 41.5 Å². The van der Waals surface area contributed by atoms with Gasteiger partial charge in [-0.25, -0.2) is 0 Å². The van der Waals surface area contributed by atoms with Crippen molar-refractivity contribution in [2.45, 2.75) is 330 Å². The Balaban J connectivity index is 4.27. The topological polar surface area (TPSA) is 78.9 Å². The van der Waals surface area contributed by atoms with Crippen molar-refractivity contribution in [1.82, 2.24) is 0 Å². The van der Waals surface area contributed by atoms with Crippen LogP contribution in [0.4, 0.5) is 0 Å². The molecule has 386 valence electrons. The lowest BCUT2D eigenvalue weighted by atomic mass is 9.99. The van der Waals surface area contributed by atoms with Crippen molar-refractivity contribution in [3.63, 3.8) is 0 Å². The Hall–Kier alpha value is -1.59. The number of rotatable bonds is 52. The minimum absolute atomic E-state index is 0.0638. The third-order valence-corrected chi connectivity index (χ3v) is 14.1. The van der Waals surface area contributed by atoms with Gasteiger partial charge in [-0.2, -0.15) is 0 Å². The second kappa shape index (κ2) is 50.3. The van der Waals surface area contributed by atoms with Crippen molar-refractivity contribution >= 4 is 17.9 Å². The van der Waals surface area contributed by atoms with Crippen LogP contribution in [0.5, 0.6) is 0 Å². The fourth-order valence-electron chi connectivity index (χ4n) is 8.93. The Morgan fingerprint density at radius 3 is 0.800 bits per heavy atom. The van der Waals surface area contributed by atoms with Crippen LogP contribution in [0.25, 0.3) is 0 Å². The Morgan fingerprint density at radius 1 is 0.308 bits per heavy atom. The van der Waals surface area contributed by atoms with Crippen molar-refractivity contribution in [2.24, 2.45) is 17.8 Å². The quantitative estimate of drug-likeness (QED) is 0.0344. The summed E-state index contributed by atoms with van der Waals surface area (Å²) in [5.41, 5.74) is 0. The van der Waals surface area contributed by atoms with Crippen LogP contribution < -0.4 is 0 Å². The lowest BCUT2D eigenvalue weighted by Gasteiger charge is -2.18. The molecule has 2 unspecified atom stereocenters. The second-order valence-corrected chi connectivity index (χ2v) is 21.2. The molecule has 0 aliphatic rings. The van der Waals surface area contributed by atoms with Gasteiger partial charge >= 0.3 is 17.9 Å². The highest BCUT2D eigenvalue weighted by Crippen LogP contribution is 2.19. The predicted molar refractivity (Wildman–Crippen MR) is 279 cm³/mol. The Morgan fingerprint density at radius 2 is 0.538 bits per heavy atom. The molecule has 0 radical (unpaired) electrons. The van der Waals surface area contributed by atoms with E-state index in [1.165, 1.54) is 205 Å². The summed E-state index contributed by atoms with van der Waals surface area (Å²) in [6, 6.07) is 0. The number of hydrogen-bond acceptors (Lipinski definition) is 6. The number of esters is 3. The van der Waals surface area contributed by atoms with E-state index in [1.54, 1.807) is 0 Å². The van der Waals surface area contributed by atoms with Gasteiger partial charge in [0.1, 0.15) is 13.2 Å². The normalized spacial score (nSPS) is 13.0. The van der Waals surface area contributed by atoms with E-state index < -0.39 is 6.10 Å². The molecule has 6 nitrogen and oxygen atoms in total. The van der Waals surface area contributed by atoms with Gasteiger partial charge in [-0.05, 0) is 37.0 Å². The van der Waals surface area contributed by atoms with Crippen LogP contribution in [0.2, 0.25) is 0 Å². The molecule has 0 aliphatic carbocycles. The first-order valence-corrected chi connectivity index (χ1v) is 29.2. The van der Waals surface area contributed by atoms with E-state index in [-0.39, 0.29) is 31.1 Å². The average molecular weight is 920 g/mol. The van der Waals surface area contributed by atoms with Crippen molar-refractivity contribution in [2.75, 3.05) is 13.2 Å². The standard InChI is InChI=1S/C59H114O6/c1-7-54(5)46-40-34-28-21-17-13-9-11-15-19-23-30-36-42-48-57(60)63-51-56(52-64-58(61)49-43-37-31-26-25-27-33-39-45-53(3)4)65-59(62)50-44-38-32-24-20-16-12-10-14-18-22-29-35-41-47-55(6)8-2/h53-56H,7-52H2,1-6H3/t54?,55?,56-/m1/s1. The fraction of sp³-hybridized carbons (Fsp3) is 0.949. The van der Waals surface area contributed by atoms with E-state index in [0.717, 1.165) is 75.5 Å². The van der Waals surface area contributed by atoms with Crippen LogP contribution in [-0.4, -0.2) is 37.2 Å². The van der Waals surface area contributed by atoms with Crippen molar-refractivity contribution in [1.29, 1.82) is 0 Å². The van der Waals surface area contributed by atoms with Gasteiger partial charge in [-0.1, -0.05) is 286 Å². The molecule has 0 heterocycles. The van der Waals surface area contributed by atoms with E-state index in [1.807, 2.05) is 0 Å². The van der Waals surface area contributed by atoms with Gasteiger partial charge in [0.2, 0.25) is 0 Å². The Labute approximate surface area is 406 Å². The highest BCUT2D eigenvalue weighted by Gasteiger charge is 2.19. The summed E-state index contributed by atoms with van der Waals surface area (Å²) >= 11 is 0. The van der Waals surface area contributed by atoms with E-state index in [9.17, 15) is 14.4 Å². The van der Waals surface area contributed by atoms with Gasteiger partial charge in [0.15, 0.2) is 6.10 Å². The lowest BCUT2D eigenvalue weighted by molar-refractivity contribution is -0.167. The molecule has 0 saturated carbocycles. The molecule has 0 rings (SSSR count). The zero-order valence-corrected chi connectivity index (χ0v) is 44.8. The zero-order chi connectivity index (χ0) is 47.7. The highest BCUT2D eigenvalue weighted by atomic mass is 16.6. The lowest BCUT2D eigenvalue weighted by Crippen LogP contribution is -2.30. The first kappa shape index (κ1) is 63.4. The molecule has 0 aromatic heterocycles. The monoisotopic (exact) mass is 919 g/mol. The van der Waals surface area contributed by atoms with E-state index in [0.29, 0.717) is 19.3 Å². The molecule has 0 saturated heterocycles. The maximum absolute atomic E-state index is 12.9. The third-order valence-electron chi connectivity index (χ3n) is 14.1.